The van der Waals surface area contributed by atoms with Crippen molar-refractivity contribution < 1.29 is 4.79 Å². The molecule has 1 fully saturated rings. The van der Waals surface area contributed by atoms with Gasteiger partial charge in [0.2, 0.25) is 0 Å². The number of piperidine rings is 1. The molecule has 0 saturated carbocycles. The number of nitrogen functional groups attached to an aromatic ring is 1. The lowest BCUT2D eigenvalue weighted by molar-refractivity contribution is -0.127. The Hall–Kier alpha value is -1.56. The Morgan fingerprint density at radius 2 is 2.19 bits per heavy atom. The fourth-order valence-corrected chi connectivity index (χ4v) is 1.83. The summed E-state index contributed by atoms with van der Waals surface area (Å²) in [7, 11) is 0. The van der Waals surface area contributed by atoms with Gasteiger partial charge in [-0.3, -0.25) is 14.9 Å². The minimum atomic E-state index is -0.0509. The maximum atomic E-state index is 11.6. The molecule has 2 rings (SSSR count). The van der Waals surface area contributed by atoms with Crippen molar-refractivity contribution in [2.24, 2.45) is 0 Å². The number of hydrogen-bond donors (Lipinski definition) is 2. The van der Waals surface area contributed by atoms with Gasteiger partial charge < -0.3 is 5.73 Å². The van der Waals surface area contributed by atoms with Gasteiger partial charge in [-0.15, -0.1) is 0 Å². The van der Waals surface area contributed by atoms with Crippen molar-refractivity contribution in [2.75, 3.05) is 18.8 Å². The van der Waals surface area contributed by atoms with Gasteiger partial charge in [0.25, 0.3) is 5.91 Å². The van der Waals surface area contributed by atoms with E-state index < -0.39 is 0 Å². The quantitative estimate of drug-likeness (QED) is 0.755. The summed E-state index contributed by atoms with van der Waals surface area (Å²) in [4.78, 5) is 11.6. The van der Waals surface area contributed by atoms with Crippen LogP contribution in [0, 0.1) is 0 Å². The van der Waals surface area contributed by atoms with E-state index in [2.05, 4.69) is 10.5 Å². The molecule has 6 heteroatoms. The highest BCUT2D eigenvalue weighted by Crippen LogP contribution is 2.05. The van der Waals surface area contributed by atoms with E-state index in [0.29, 0.717) is 5.69 Å². The third kappa shape index (κ3) is 2.96. The highest BCUT2D eigenvalue weighted by Gasteiger charge is 2.12. The highest BCUT2D eigenvalue weighted by molar-refractivity contribution is 5.75. The van der Waals surface area contributed by atoms with E-state index in [1.807, 2.05) is 5.01 Å². The first-order valence-corrected chi connectivity index (χ1v) is 5.56. The summed E-state index contributed by atoms with van der Waals surface area (Å²) in [5.41, 5.74) is 8.96. The molecule has 1 aliphatic heterocycles. The molecule has 1 aromatic rings. The second kappa shape index (κ2) is 4.98. The van der Waals surface area contributed by atoms with Crippen LogP contribution in [0.3, 0.4) is 0 Å². The molecule has 0 aliphatic carbocycles. The van der Waals surface area contributed by atoms with Crippen molar-refractivity contribution in [1.82, 2.24) is 20.2 Å². The monoisotopic (exact) mass is 223 g/mol. The van der Waals surface area contributed by atoms with Crippen LogP contribution in [0.2, 0.25) is 0 Å². The van der Waals surface area contributed by atoms with Gasteiger partial charge >= 0.3 is 0 Å². The molecule has 0 atom stereocenters. The Bertz CT molecular complexity index is 356. The van der Waals surface area contributed by atoms with Gasteiger partial charge in [0, 0.05) is 19.3 Å². The fourth-order valence-electron chi connectivity index (χ4n) is 1.83. The number of carbonyl (C=O) groups is 1. The predicted octanol–water partition coefficient (Wildman–Crippen LogP) is -0.0176. The third-order valence-corrected chi connectivity index (χ3v) is 2.60. The summed E-state index contributed by atoms with van der Waals surface area (Å²) in [5.74, 6) is -0.0509. The van der Waals surface area contributed by atoms with Gasteiger partial charge in [0.15, 0.2) is 0 Å². The van der Waals surface area contributed by atoms with E-state index in [0.717, 1.165) is 25.9 Å². The number of nitrogens with two attached hydrogens (primary N) is 1. The highest BCUT2D eigenvalue weighted by atomic mass is 16.2. The van der Waals surface area contributed by atoms with Crippen molar-refractivity contribution in [2.45, 2.75) is 25.8 Å². The number of hydrogen-bond acceptors (Lipinski definition) is 4. The van der Waals surface area contributed by atoms with Crippen molar-refractivity contribution in [3.05, 3.63) is 12.4 Å². The molecule has 0 unspecified atom stereocenters. The number of carbonyl (C=O) groups excluding carboxylic acids is 1. The number of nitrogens with zero attached hydrogens (tertiary/aromatic N) is 3. The molecule has 16 heavy (non-hydrogen) atoms. The summed E-state index contributed by atoms with van der Waals surface area (Å²) in [6, 6.07) is 0. The van der Waals surface area contributed by atoms with Crippen LogP contribution in [-0.4, -0.2) is 33.8 Å². The Morgan fingerprint density at radius 1 is 1.44 bits per heavy atom. The van der Waals surface area contributed by atoms with E-state index in [9.17, 15) is 4.79 Å². The average molecular weight is 223 g/mol. The molecule has 1 aromatic heterocycles. The number of aromatic nitrogens is 2. The summed E-state index contributed by atoms with van der Waals surface area (Å²) in [6.07, 6.45) is 6.73. The van der Waals surface area contributed by atoms with Crippen molar-refractivity contribution in [1.29, 1.82) is 0 Å². The van der Waals surface area contributed by atoms with Gasteiger partial charge in [0.05, 0.1) is 11.9 Å². The van der Waals surface area contributed by atoms with Gasteiger partial charge in [-0.1, -0.05) is 6.42 Å². The molecule has 1 amide bonds. The molecular weight excluding hydrogens is 206 g/mol. The molecule has 0 bridgehead atoms. The van der Waals surface area contributed by atoms with E-state index in [1.54, 1.807) is 6.20 Å². The van der Waals surface area contributed by atoms with Crippen LogP contribution in [-0.2, 0) is 11.3 Å². The Labute approximate surface area is 94.4 Å². The number of nitrogens with one attached hydrogen (secondary N) is 1. The summed E-state index contributed by atoms with van der Waals surface area (Å²) >= 11 is 0. The number of amides is 1. The lowest BCUT2D eigenvalue weighted by Crippen LogP contribution is -2.46. The fraction of sp³-hybridized carbons (Fsp3) is 0.600. The molecule has 2 heterocycles. The second-order valence-corrected chi connectivity index (χ2v) is 4.05. The molecule has 88 valence electrons. The zero-order chi connectivity index (χ0) is 11.4. The first-order chi connectivity index (χ1) is 7.74. The van der Waals surface area contributed by atoms with Gasteiger partial charge in [-0.25, -0.2) is 5.01 Å². The Balaban J connectivity index is 1.79. The normalized spacial score (nSPS) is 17.2. The van der Waals surface area contributed by atoms with Crippen molar-refractivity contribution >= 4 is 11.6 Å². The van der Waals surface area contributed by atoms with Gasteiger partial charge in [-0.2, -0.15) is 5.10 Å². The van der Waals surface area contributed by atoms with Crippen molar-refractivity contribution in [3.63, 3.8) is 0 Å². The van der Waals surface area contributed by atoms with E-state index in [1.165, 1.54) is 17.3 Å². The Kier molecular flexibility index (Phi) is 3.40. The van der Waals surface area contributed by atoms with E-state index in [-0.39, 0.29) is 12.5 Å². The first kappa shape index (κ1) is 10.9. The molecule has 0 spiro atoms. The molecule has 6 nitrogen and oxygen atoms in total. The standard InChI is InChI=1S/C10H17N5O/c11-9-6-12-15(7-9)8-10(16)13-14-4-2-1-3-5-14/h6-7H,1-5,8,11H2,(H,13,16). The van der Waals surface area contributed by atoms with Crippen molar-refractivity contribution in [3.8, 4) is 0 Å². The molecule has 3 N–H and O–H groups in total. The average Bonchev–Trinajstić information content (AvgIpc) is 2.65. The lowest BCUT2D eigenvalue weighted by atomic mass is 10.2. The SMILES string of the molecule is Nc1cnn(CC(=O)NN2CCCCC2)c1. The molecule has 1 aliphatic rings. The first-order valence-electron chi connectivity index (χ1n) is 5.56. The van der Waals surface area contributed by atoms with Crippen LogP contribution in [0.5, 0.6) is 0 Å². The van der Waals surface area contributed by atoms with E-state index in [4.69, 9.17) is 5.73 Å². The second-order valence-electron chi connectivity index (χ2n) is 4.05. The molecule has 0 aromatic carbocycles. The van der Waals surface area contributed by atoms with Crippen LogP contribution in [0.4, 0.5) is 5.69 Å². The summed E-state index contributed by atoms with van der Waals surface area (Å²) in [6.45, 7) is 2.09. The predicted molar refractivity (Wildman–Crippen MR) is 60.2 cm³/mol. The Morgan fingerprint density at radius 3 is 2.81 bits per heavy atom. The van der Waals surface area contributed by atoms with E-state index >= 15 is 0 Å². The smallest absolute Gasteiger partial charge is 0.255 e. The lowest BCUT2D eigenvalue weighted by Gasteiger charge is -2.26. The van der Waals surface area contributed by atoms with Crippen LogP contribution in [0.1, 0.15) is 19.3 Å². The van der Waals surface area contributed by atoms with Gasteiger partial charge in [-0.05, 0) is 12.8 Å². The number of rotatable bonds is 3. The summed E-state index contributed by atoms with van der Waals surface area (Å²) < 4.78 is 1.54. The molecule has 0 radical (unpaired) electrons. The zero-order valence-electron chi connectivity index (χ0n) is 9.22. The largest absolute Gasteiger partial charge is 0.396 e. The summed E-state index contributed by atoms with van der Waals surface area (Å²) in [5, 5.41) is 5.93. The number of hydrazine groups is 1. The minimum Gasteiger partial charge on any atom is -0.396 e. The van der Waals surface area contributed by atoms with Crippen LogP contribution in [0.25, 0.3) is 0 Å². The maximum Gasteiger partial charge on any atom is 0.255 e. The number of anilines is 1. The van der Waals surface area contributed by atoms with Gasteiger partial charge in [0.1, 0.15) is 6.54 Å². The zero-order valence-corrected chi connectivity index (χ0v) is 9.22. The molecular formula is C10H17N5O. The minimum absolute atomic E-state index is 0.0509. The third-order valence-electron chi connectivity index (χ3n) is 2.60. The van der Waals surface area contributed by atoms with Crippen LogP contribution >= 0.6 is 0 Å². The molecule has 1 saturated heterocycles. The van der Waals surface area contributed by atoms with Crippen LogP contribution < -0.4 is 11.2 Å². The van der Waals surface area contributed by atoms with Crippen LogP contribution in [0.15, 0.2) is 12.4 Å². The maximum absolute atomic E-state index is 11.6. The topological polar surface area (TPSA) is 76.2 Å².